The third-order valence-corrected chi connectivity index (χ3v) is 3.08. The highest BCUT2D eigenvalue weighted by atomic mass is 16.2. The molecule has 2 aromatic rings. The first-order valence-corrected chi connectivity index (χ1v) is 6.34. The molecule has 0 aromatic heterocycles. The zero-order chi connectivity index (χ0) is 13.7. The molecule has 0 aliphatic heterocycles. The smallest absolute Gasteiger partial charge is 0.258 e. The monoisotopic (exact) mass is 254 g/mol. The Balaban J connectivity index is 2.15. The van der Waals surface area contributed by atoms with E-state index in [9.17, 15) is 4.79 Å². The van der Waals surface area contributed by atoms with Gasteiger partial charge in [-0.25, -0.2) is 0 Å². The van der Waals surface area contributed by atoms with E-state index in [4.69, 9.17) is 5.73 Å². The number of benzene rings is 2. The summed E-state index contributed by atoms with van der Waals surface area (Å²) < 4.78 is 0. The lowest BCUT2D eigenvalue weighted by molar-refractivity contribution is 0.0993. The molecule has 0 saturated heterocycles. The molecule has 0 atom stereocenters. The van der Waals surface area contributed by atoms with E-state index < -0.39 is 0 Å². The summed E-state index contributed by atoms with van der Waals surface area (Å²) in [5, 5.41) is 0. The number of amides is 1. The van der Waals surface area contributed by atoms with Gasteiger partial charge in [0.2, 0.25) is 0 Å². The Hall–Kier alpha value is -2.13. The van der Waals surface area contributed by atoms with Gasteiger partial charge in [-0.3, -0.25) is 4.79 Å². The lowest BCUT2D eigenvalue weighted by Gasteiger charge is -2.17. The van der Waals surface area contributed by atoms with E-state index in [-0.39, 0.29) is 5.91 Å². The number of hydrogen-bond donors (Lipinski definition) is 1. The van der Waals surface area contributed by atoms with Gasteiger partial charge >= 0.3 is 0 Å². The summed E-state index contributed by atoms with van der Waals surface area (Å²) in [5.74, 6) is -0.00725. The van der Waals surface area contributed by atoms with Crippen LogP contribution in [-0.4, -0.2) is 19.5 Å². The normalized spacial score (nSPS) is 10.2. The molecular formula is C16H18N2O. The topological polar surface area (TPSA) is 46.3 Å². The summed E-state index contributed by atoms with van der Waals surface area (Å²) in [6.07, 6.45) is 0.858. The van der Waals surface area contributed by atoms with E-state index in [2.05, 4.69) is 0 Å². The van der Waals surface area contributed by atoms with Crippen LogP contribution in [0.2, 0.25) is 0 Å². The van der Waals surface area contributed by atoms with Crippen molar-refractivity contribution in [2.45, 2.75) is 6.42 Å². The Bertz CT molecular complexity index is 534. The molecule has 0 aliphatic rings. The SMILES string of the molecule is CN(C(=O)c1ccccc1)c1ccc(CCN)cc1. The molecule has 0 spiro atoms. The third kappa shape index (κ3) is 3.20. The second-order valence-electron chi connectivity index (χ2n) is 4.44. The first kappa shape index (κ1) is 13.3. The number of anilines is 1. The van der Waals surface area contributed by atoms with Crippen molar-refractivity contribution in [3.8, 4) is 0 Å². The third-order valence-electron chi connectivity index (χ3n) is 3.08. The molecule has 2 N–H and O–H groups in total. The van der Waals surface area contributed by atoms with E-state index in [1.165, 1.54) is 5.56 Å². The first-order chi connectivity index (χ1) is 9.22. The van der Waals surface area contributed by atoms with Crippen molar-refractivity contribution in [2.75, 3.05) is 18.5 Å². The molecule has 2 aromatic carbocycles. The number of nitrogens with two attached hydrogens (primary N) is 1. The molecule has 0 saturated carbocycles. The van der Waals surface area contributed by atoms with Gasteiger partial charge in [0.1, 0.15) is 0 Å². The summed E-state index contributed by atoms with van der Waals surface area (Å²) in [6.45, 7) is 0.637. The van der Waals surface area contributed by atoms with Gasteiger partial charge in [-0.05, 0) is 42.8 Å². The molecule has 2 rings (SSSR count). The zero-order valence-corrected chi connectivity index (χ0v) is 11.0. The van der Waals surface area contributed by atoms with Gasteiger partial charge in [-0.2, -0.15) is 0 Å². The zero-order valence-electron chi connectivity index (χ0n) is 11.0. The Morgan fingerprint density at radius 1 is 1.05 bits per heavy atom. The number of rotatable bonds is 4. The van der Waals surface area contributed by atoms with Crippen molar-refractivity contribution in [3.05, 3.63) is 65.7 Å². The fourth-order valence-corrected chi connectivity index (χ4v) is 1.94. The molecule has 98 valence electrons. The van der Waals surface area contributed by atoms with Crippen LogP contribution in [0.4, 0.5) is 5.69 Å². The lowest BCUT2D eigenvalue weighted by Crippen LogP contribution is -2.26. The van der Waals surface area contributed by atoms with Crippen molar-refractivity contribution in [1.82, 2.24) is 0 Å². The minimum atomic E-state index is -0.00725. The van der Waals surface area contributed by atoms with Crippen molar-refractivity contribution < 1.29 is 4.79 Å². The number of carbonyl (C=O) groups excluding carboxylic acids is 1. The van der Waals surface area contributed by atoms with Gasteiger partial charge < -0.3 is 10.6 Å². The van der Waals surface area contributed by atoms with Crippen LogP contribution < -0.4 is 10.6 Å². The van der Waals surface area contributed by atoms with Gasteiger partial charge in [0, 0.05) is 18.3 Å². The summed E-state index contributed by atoms with van der Waals surface area (Å²) >= 11 is 0. The van der Waals surface area contributed by atoms with Crippen LogP contribution in [0.15, 0.2) is 54.6 Å². The maximum atomic E-state index is 12.3. The minimum absolute atomic E-state index is 0.00725. The van der Waals surface area contributed by atoms with E-state index in [1.54, 1.807) is 11.9 Å². The maximum absolute atomic E-state index is 12.3. The van der Waals surface area contributed by atoms with Crippen LogP contribution in [0.25, 0.3) is 0 Å². The number of nitrogens with zero attached hydrogens (tertiary/aromatic N) is 1. The average molecular weight is 254 g/mol. The summed E-state index contributed by atoms with van der Waals surface area (Å²) in [7, 11) is 1.78. The van der Waals surface area contributed by atoms with Crippen LogP contribution in [0.3, 0.4) is 0 Å². The second-order valence-corrected chi connectivity index (χ2v) is 4.44. The quantitative estimate of drug-likeness (QED) is 0.911. The lowest BCUT2D eigenvalue weighted by atomic mass is 10.1. The van der Waals surface area contributed by atoms with Crippen LogP contribution in [-0.2, 0) is 6.42 Å². The molecule has 0 heterocycles. The van der Waals surface area contributed by atoms with Gasteiger partial charge in [-0.15, -0.1) is 0 Å². The largest absolute Gasteiger partial charge is 0.330 e. The summed E-state index contributed by atoms with van der Waals surface area (Å²) in [5.41, 5.74) is 8.28. The van der Waals surface area contributed by atoms with Crippen LogP contribution in [0.5, 0.6) is 0 Å². The van der Waals surface area contributed by atoms with E-state index >= 15 is 0 Å². The summed E-state index contributed by atoms with van der Waals surface area (Å²) in [4.78, 5) is 13.9. The van der Waals surface area contributed by atoms with Crippen LogP contribution in [0.1, 0.15) is 15.9 Å². The van der Waals surface area contributed by atoms with Gasteiger partial charge in [0.25, 0.3) is 5.91 Å². The Labute approximate surface area is 113 Å². The molecule has 3 heteroatoms. The standard InChI is InChI=1S/C16H18N2O/c1-18(16(19)14-5-3-2-4-6-14)15-9-7-13(8-10-15)11-12-17/h2-10H,11-12,17H2,1H3. The fraction of sp³-hybridized carbons (Fsp3) is 0.188. The predicted molar refractivity (Wildman–Crippen MR) is 78.4 cm³/mol. The molecule has 0 unspecified atom stereocenters. The molecule has 0 aliphatic carbocycles. The van der Waals surface area contributed by atoms with E-state index in [0.29, 0.717) is 12.1 Å². The van der Waals surface area contributed by atoms with Crippen LogP contribution in [0, 0.1) is 0 Å². The molecule has 0 radical (unpaired) electrons. The first-order valence-electron chi connectivity index (χ1n) is 6.34. The highest BCUT2D eigenvalue weighted by Crippen LogP contribution is 2.16. The number of carbonyl (C=O) groups is 1. The van der Waals surface area contributed by atoms with Crippen molar-refractivity contribution in [1.29, 1.82) is 0 Å². The van der Waals surface area contributed by atoms with E-state index in [0.717, 1.165) is 12.1 Å². The van der Waals surface area contributed by atoms with Gasteiger partial charge in [0.05, 0.1) is 0 Å². The Morgan fingerprint density at radius 2 is 1.68 bits per heavy atom. The Morgan fingerprint density at radius 3 is 2.26 bits per heavy atom. The van der Waals surface area contributed by atoms with Crippen molar-refractivity contribution >= 4 is 11.6 Å². The summed E-state index contributed by atoms with van der Waals surface area (Å²) in [6, 6.07) is 17.2. The van der Waals surface area contributed by atoms with Gasteiger partial charge in [-0.1, -0.05) is 30.3 Å². The molecule has 19 heavy (non-hydrogen) atoms. The molecule has 0 fully saturated rings. The van der Waals surface area contributed by atoms with Crippen molar-refractivity contribution in [2.24, 2.45) is 5.73 Å². The highest BCUT2D eigenvalue weighted by Gasteiger charge is 2.12. The molecular weight excluding hydrogens is 236 g/mol. The average Bonchev–Trinajstić information content (AvgIpc) is 2.48. The maximum Gasteiger partial charge on any atom is 0.258 e. The predicted octanol–water partition coefficient (Wildman–Crippen LogP) is 2.46. The second kappa shape index (κ2) is 6.16. The molecule has 3 nitrogen and oxygen atoms in total. The molecule has 1 amide bonds. The Kier molecular flexibility index (Phi) is 4.31. The van der Waals surface area contributed by atoms with Crippen molar-refractivity contribution in [3.63, 3.8) is 0 Å². The number of hydrogen-bond acceptors (Lipinski definition) is 2. The molecule has 0 bridgehead atoms. The fourth-order valence-electron chi connectivity index (χ4n) is 1.94. The minimum Gasteiger partial charge on any atom is -0.330 e. The van der Waals surface area contributed by atoms with Crippen LogP contribution >= 0.6 is 0 Å². The highest BCUT2D eigenvalue weighted by molar-refractivity contribution is 6.05. The van der Waals surface area contributed by atoms with E-state index in [1.807, 2.05) is 54.6 Å². The van der Waals surface area contributed by atoms with Gasteiger partial charge in [0.15, 0.2) is 0 Å².